The van der Waals surface area contributed by atoms with Gasteiger partial charge in [-0.05, 0) is 49.7 Å². The van der Waals surface area contributed by atoms with Gasteiger partial charge in [0, 0.05) is 17.1 Å². The zero-order valence-corrected chi connectivity index (χ0v) is 13.7. The molecular formula is C17H21N3OS. The Labute approximate surface area is 134 Å². The van der Waals surface area contributed by atoms with E-state index in [0.29, 0.717) is 12.6 Å². The molecule has 0 aliphatic heterocycles. The third-order valence-corrected chi connectivity index (χ3v) is 5.91. The van der Waals surface area contributed by atoms with Crippen molar-refractivity contribution in [2.45, 2.75) is 51.6 Å². The fraction of sp³-hybridized carbons (Fsp3) is 0.529. The predicted octanol–water partition coefficient (Wildman–Crippen LogP) is 3.33. The summed E-state index contributed by atoms with van der Waals surface area (Å²) in [6, 6.07) is 2.70. The summed E-state index contributed by atoms with van der Waals surface area (Å²) in [6.07, 6.45) is 9.69. The lowest BCUT2D eigenvalue weighted by atomic mass is 9.90. The van der Waals surface area contributed by atoms with Crippen LogP contribution in [0.2, 0.25) is 0 Å². The van der Waals surface area contributed by atoms with Crippen molar-refractivity contribution in [3.63, 3.8) is 0 Å². The fourth-order valence-electron chi connectivity index (χ4n) is 3.23. The molecule has 0 unspecified atom stereocenters. The highest BCUT2D eigenvalue weighted by molar-refractivity contribution is 7.14. The molecule has 0 spiro atoms. The lowest BCUT2D eigenvalue weighted by molar-refractivity contribution is 0.0954. The Kier molecular flexibility index (Phi) is 3.53. The Hall–Kier alpha value is -1.62. The molecule has 4 nitrogen and oxygen atoms in total. The number of nitrogens with zero attached hydrogens (tertiary/aromatic N) is 2. The van der Waals surface area contributed by atoms with Gasteiger partial charge >= 0.3 is 0 Å². The first kappa shape index (κ1) is 14.0. The van der Waals surface area contributed by atoms with E-state index in [2.05, 4.69) is 27.9 Å². The van der Waals surface area contributed by atoms with Crippen molar-refractivity contribution in [2.24, 2.45) is 5.92 Å². The summed E-state index contributed by atoms with van der Waals surface area (Å²) in [5, 5.41) is 3.06. The van der Waals surface area contributed by atoms with Crippen molar-refractivity contribution < 1.29 is 4.79 Å². The number of carbonyl (C=O) groups excluding carboxylic acids is 1. The molecule has 1 saturated carbocycles. The summed E-state index contributed by atoms with van der Waals surface area (Å²) in [7, 11) is 0. The number of amides is 1. The molecule has 0 radical (unpaired) electrons. The number of hydrogen-bond acceptors (Lipinski definition) is 3. The molecule has 4 rings (SSSR count). The summed E-state index contributed by atoms with van der Waals surface area (Å²) in [4.78, 5) is 18.9. The maximum Gasteiger partial charge on any atom is 0.261 e. The lowest BCUT2D eigenvalue weighted by Gasteiger charge is -2.16. The van der Waals surface area contributed by atoms with Crippen LogP contribution < -0.4 is 5.32 Å². The van der Waals surface area contributed by atoms with Gasteiger partial charge < -0.3 is 9.88 Å². The second-order valence-corrected chi connectivity index (χ2v) is 7.75. The highest BCUT2D eigenvalue weighted by atomic mass is 32.1. The van der Waals surface area contributed by atoms with Gasteiger partial charge in [0.2, 0.25) is 0 Å². The van der Waals surface area contributed by atoms with E-state index in [9.17, 15) is 4.79 Å². The minimum atomic E-state index is 0.0515. The maximum atomic E-state index is 12.4. The summed E-state index contributed by atoms with van der Waals surface area (Å²) >= 11 is 1.67. The molecule has 5 heteroatoms. The molecule has 0 aromatic carbocycles. The Morgan fingerprint density at radius 3 is 3.14 bits per heavy atom. The monoisotopic (exact) mass is 315 g/mol. The zero-order chi connectivity index (χ0) is 15.1. The van der Waals surface area contributed by atoms with Gasteiger partial charge in [-0.2, -0.15) is 0 Å². The Bertz CT molecular complexity index is 699. The number of thiophene rings is 1. The van der Waals surface area contributed by atoms with Crippen LogP contribution in [0.4, 0.5) is 0 Å². The highest BCUT2D eigenvalue weighted by Gasteiger charge is 2.25. The number of hydrogen-bond donors (Lipinski definition) is 1. The van der Waals surface area contributed by atoms with Crippen molar-refractivity contribution in [2.75, 3.05) is 0 Å². The zero-order valence-electron chi connectivity index (χ0n) is 12.8. The molecule has 2 heterocycles. The number of aryl methyl sites for hydroxylation is 1. The maximum absolute atomic E-state index is 12.4. The minimum absolute atomic E-state index is 0.0515. The number of imidazole rings is 1. The van der Waals surface area contributed by atoms with Gasteiger partial charge in [-0.25, -0.2) is 4.98 Å². The van der Waals surface area contributed by atoms with Crippen LogP contribution in [0, 0.1) is 5.92 Å². The summed E-state index contributed by atoms with van der Waals surface area (Å²) < 4.78 is 2.20. The van der Waals surface area contributed by atoms with Crippen molar-refractivity contribution in [3.05, 3.63) is 39.6 Å². The molecule has 1 atom stereocenters. The molecule has 22 heavy (non-hydrogen) atoms. The number of rotatable bonds is 4. The van der Waals surface area contributed by atoms with E-state index in [1.807, 2.05) is 12.5 Å². The van der Waals surface area contributed by atoms with E-state index < -0.39 is 0 Å². The molecule has 1 amide bonds. The number of carbonyl (C=O) groups is 1. The molecule has 116 valence electrons. The molecule has 0 saturated heterocycles. The average molecular weight is 315 g/mol. The third kappa shape index (κ3) is 2.70. The molecule has 1 fully saturated rings. The predicted molar refractivity (Wildman–Crippen MR) is 87.2 cm³/mol. The van der Waals surface area contributed by atoms with Gasteiger partial charge in [-0.3, -0.25) is 4.79 Å². The SMILES string of the molecule is C[C@H]1CCc2sc(C(=O)NCc3cncn3C3CC3)cc2C1. The molecular weight excluding hydrogens is 294 g/mol. The standard InChI is InChI=1S/C17H21N3OS/c1-11-2-5-15-12(6-11)7-16(22-15)17(21)19-9-14-8-18-10-20(14)13-3-4-13/h7-8,10-11,13H,2-6,9H2,1H3,(H,19,21)/t11-/m0/s1. The van der Waals surface area contributed by atoms with Crippen LogP contribution in [-0.2, 0) is 19.4 Å². The largest absolute Gasteiger partial charge is 0.346 e. The van der Waals surface area contributed by atoms with Crippen LogP contribution in [0.25, 0.3) is 0 Å². The Morgan fingerprint density at radius 2 is 2.32 bits per heavy atom. The Balaban J connectivity index is 1.43. The number of nitrogens with one attached hydrogen (secondary N) is 1. The summed E-state index contributed by atoms with van der Waals surface area (Å²) in [6.45, 7) is 2.85. The first-order valence-electron chi connectivity index (χ1n) is 8.11. The van der Waals surface area contributed by atoms with Crippen molar-refractivity contribution in [1.82, 2.24) is 14.9 Å². The second-order valence-electron chi connectivity index (χ2n) is 6.61. The first-order chi connectivity index (χ1) is 10.7. The normalized spacial score (nSPS) is 20.7. The van der Waals surface area contributed by atoms with Gasteiger partial charge in [-0.1, -0.05) is 6.92 Å². The fourth-order valence-corrected chi connectivity index (χ4v) is 4.35. The van der Waals surface area contributed by atoms with E-state index in [1.165, 1.54) is 29.7 Å². The van der Waals surface area contributed by atoms with Crippen molar-refractivity contribution in [1.29, 1.82) is 0 Å². The van der Waals surface area contributed by atoms with Crippen molar-refractivity contribution >= 4 is 17.2 Å². The van der Waals surface area contributed by atoms with Crippen LogP contribution in [0.3, 0.4) is 0 Å². The van der Waals surface area contributed by atoms with Gasteiger partial charge in [-0.15, -0.1) is 11.3 Å². The number of fused-ring (bicyclic) bond motifs is 1. The van der Waals surface area contributed by atoms with Crippen molar-refractivity contribution in [3.8, 4) is 0 Å². The van der Waals surface area contributed by atoms with Gasteiger partial charge in [0.1, 0.15) is 0 Å². The van der Waals surface area contributed by atoms with E-state index in [0.717, 1.165) is 29.3 Å². The van der Waals surface area contributed by atoms with Crippen LogP contribution >= 0.6 is 11.3 Å². The van der Waals surface area contributed by atoms with Gasteiger partial charge in [0.05, 0.1) is 23.4 Å². The Morgan fingerprint density at radius 1 is 1.45 bits per heavy atom. The highest BCUT2D eigenvalue weighted by Crippen LogP contribution is 2.35. The molecule has 0 bridgehead atoms. The molecule has 2 aliphatic carbocycles. The van der Waals surface area contributed by atoms with Crippen LogP contribution in [0.15, 0.2) is 18.6 Å². The summed E-state index contributed by atoms with van der Waals surface area (Å²) in [5.74, 6) is 0.793. The molecule has 2 aliphatic rings. The first-order valence-corrected chi connectivity index (χ1v) is 8.93. The lowest BCUT2D eigenvalue weighted by Crippen LogP contribution is -2.23. The second kappa shape index (κ2) is 5.54. The molecule has 2 aromatic rings. The molecule has 1 N–H and O–H groups in total. The minimum Gasteiger partial charge on any atom is -0.346 e. The van der Waals surface area contributed by atoms with E-state index in [-0.39, 0.29) is 5.91 Å². The summed E-state index contributed by atoms with van der Waals surface area (Å²) in [5.41, 5.74) is 2.49. The molecule has 2 aromatic heterocycles. The quantitative estimate of drug-likeness (QED) is 0.940. The van der Waals surface area contributed by atoms with E-state index in [1.54, 1.807) is 11.3 Å². The van der Waals surface area contributed by atoms with Gasteiger partial charge in [0.15, 0.2) is 0 Å². The topological polar surface area (TPSA) is 46.9 Å². The van der Waals surface area contributed by atoms with Gasteiger partial charge in [0.25, 0.3) is 5.91 Å². The van der Waals surface area contributed by atoms with Crippen LogP contribution in [0.5, 0.6) is 0 Å². The average Bonchev–Trinajstić information content (AvgIpc) is 3.09. The van der Waals surface area contributed by atoms with Crippen LogP contribution in [-0.4, -0.2) is 15.5 Å². The van der Waals surface area contributed by atoms with E-state index >= 15 is 0 Å². The number of aromatic nitrogens is 2. The smallest absolute Gasteiger partial charge is 0.261 e. The third-order valence-electron chi connectivity index (χ3n) is 4.67. The van der Waals surface area contributed by atoms with Crippen LogP contribution in [0.1, 0.15) is 58.0 Å². The van der Waals surface area contributed by atoms with E-state index in [4.69, 9.17) is 0 Å².